The monoisotopic (exact) mass is 313 g/mol. The number of carbonyl (C=O) groups is 1. The predicted molar refractivity (Wildman–Crippen MR) is 70.2 cm³/mol. The highest BCUT2D eigenvalue weighted by Gasteiger charge is 2.43. The summed E-state index contributed by atoms with van der Waals surface area (Å²) < 4.78 is 53.0. The topological polar surface area (TPSA) is 83.5 Å². The second-order valence-corrected chi connectivity index (χ2v) is 7.08. The van der Waals surface area contributed by atoms with Crippen molar-refractivity contribution in [3.8, 4) is 0 Å². The van der Waals surface area contributed by atoms with E-state index >= 15 is 0 Å². The van der Waals surface area contributed by atoms with E-state index in [1.165, 1.54) is 0 Å². The zero-order valence-corrected chi connectivity index (χ0v) is 12.3. The maximum Gasteiger partial charge on any atom is 0.321 e. The van der Waals surface area contributed by atoms with Gasteiger partial charge in [-0.05, 0) is 19.3 Å². The highest BCUT2D eigenvalue weighted by molar-refractivity contribution is 7.89. The molecule has 0 spiro atoms. The van der Waals surface area contributed by atoms with Crippen molar-refractivity contribution in [2.24, 2.45) is 5.92 Å². The number of carboxylic acid groups (broad SMARTS) is 1. The van der Waals surface area contributed by atoms with E-state index in [1.54, 1.807) is 6.92 Å². The predicted octanol–water partition coefficient (Wildman–Crippen LogP) is 1.98. The first kappa shape index (κ1) is 17.3. The van der Waals surface area contributed by atoms with Gasteiger partial charge < -0.3 is 5.11 Å². The number of halogens is 2. The Hall–Kier alpha value is -0.760. The van der Waals surface area contributed by atoms with Crippen molar-refractivity contribution >= 4 is 16.0 Å². The van der Waals surface area contributed by atoms with Crippen molar-refractivity contribution in [2.75, 3.05) is 5.75 Å². The van der Waals surface area contributed by atoms with Crippen LogP contribution in [-0.4, -0.2) is 37.2 Å². The Labute approximate surface area is 117 Å². The van der Waals surface area contributed by atoms with Crippen LogP contribution in [0.1, 0.15) is 45.4 Å². The molecule has 0 aromatic heterocycles. The molecule has 0 aromatic rings. The molecule has 0 saturated heterocycles. The third kappa shape index (κ3) is 4.97. The molecular formula is C12H21F2NO4S. The smallest absolute Gasteiger partial charge is 0.321 e. The van der Waals surface area contributed by atoms with Crippen molar-refractivity contribution in [1.29, 1.82) is 0 Å². The largest absolute Gasteiger partial charge is 0.480 e. The van der Waals surface area contributed by atoms with E-state index in [4.69, 9.17) is 5.11 Å². The molecule has 5 nitrogen and oxygen atoms in total. The number of hydrogen-bond donors (Lipinski definition) is 2. The standard InChI is InChI=1S/C12H21F2NO4S/c1-2-5-10(11(16)17)15-20(18,19)8-9-6-3-4-7-12(9,13)14/h9-10,15H,2-8H2,1H3,(H,16,17). The maximum atomic E-state index is 13.6. The fraction of sp³-hybridized carbons (Fsp3) is 0.917. The van der Waals surface area contributed by atoms with Crippen LogP contribution in [0.15, 0.2) is 0 Å². The molecule has 1 rings (SSSR count). The van der Waals surface area contributed by atoms with Crippen LogP contribution in [0.3, 0.4) is 0 Å². The zero-order valence-electron chi connectivity index (χ0n) is 11.4. The summed E-state index contributed by atoms with van der Waals surface area (Å²) in [5.41, 5.74) is 0. The fourth-order valence-corrected chi connectivity index (χ4v) is 4.11. The van der Waals surface area contributed by atoms with E-state index in [0.717, 1.165) is 0 Å². The summed E-state index contributed by atoms with van der Waals surface area (Å²) in [5.74, 6) is -6.22. The molecule has 2 atom stereocenters. The Morgan fingerprint density at radius 3 is 2.60 bits per heavy atom. The van der Waals surface area contributed by atoms with Crippen molar-refractivity contribution in [2.45, 2.75) is 57.4 Å². The summed E-state index contributed by atoms with van der Waals surface area (Å²) in [7, 11) is -4.03. The molecule has 0 heterocycles. The highest BCUT2D eigenvalue weighted by atomic mass is 32.2. The second kappa shape index (κ2) is 6.80. The maximum absolute atomic E-state index is 13.6. The van der Waals surface area contributed by atoms with Gasteiger partial charge in [-0.25, -0.2) is 21.9 Å². The van der Waals surface area contributed by atoms with E-state index in [9.17, 15) is 22.0 Å². The molecule has 2 unspecified atom stereocenters. The van der Waals surface area contributed by atoms with Crippen LogP contribution in [0, 0.1) is 5.92 Å². The first-order chi connectivity index (χ1) is 9.18. The molecule has 0 radical (unpaired) electrons. The lowest BCUT2D eigenvalue weighted by Gasteiger charge is -2.31. The number of rotatable bonds is 7. The fourth-order valence-electron chi connectivity index (χ4n) is 2.42. The molecule has 0 bridgehead atoms. The number of hydrogen-bond acceptors (Lipinski definition) is 3. The zero-order chi connectivity index (χ0) is 15.4. The van der Waals surface area contributed by atoms with Crippen molar-refractivity contribution in [3.63, 3.8) is 0 Å². The Kier molecular flexibility index (Phi) is 5.88. The molecule has 118 valence electrons. The number of aliphatic carboxylic acids is 1. The van der Waals surface area contributed by atoms with Crippen LogP contribution < -0.4 is 4.72 Å². The Bertz CT molecular complexity index is 439. The highest BCUT2D eigenvalue weighted by Crippen LogP contribution is 2.38. The minimum atomic E-state index is -4.03. The average molecular weight is 313 g/mol. The van der Waals surface area contributed by atoms with Crippen molar-refractivity contribution in [1.82, 2.24) is 4.72 Å². The van der Waals surface area contributed by atoms with Gasteiger partial charge in [-0.3, -0.25) is 4.79 Å². The Morgan fingerprint density at radius 2 is 2.10 bits per heavy atom. The summed E-state index contributed by atoms with van der Waals surface area (Å²) in [6.45, 7) is 1.72. The lowest BCUT2D eigenvalue weighted by molar-refractivity contribution is -0.139. The molecule has 2 N–H and O–H groups in total. The summed E-state index contributed by atoms with van der Waals surface area (Å²) in [5, 5.41) is 8.90. The molecule has 0 amide bonds. The Balaban J connectivity index is 2.71. The SMILES string of the molecule is CCCC(NS(=O)(=O)CC1CCCCC1(F)F)C(=O)O. The van der Waals surface area contributed by atoms with E-state index in [0.29, 0.717) is 19.3 Å². The van der Waals surface area contributed by atoms with Crippen LogP contribution in [0.2, 0.25) is 0 Å². The quantitative estimate of drug-likeness (QED) is 0.753. The molecule has 1 fully saturated rings. The lowest BCUT2D eigenvalue weighted by Crippen LogP contribution is -2.45. The summed E-state index contributed by atoms with van der Waals surface area (Å²) >= 11 is 0. The van der Waals surface area contributed by atoms with Crippen LogP contribution >= 0.6 is 0 Å². The van der Waals surface area contributed by atoms with E-state index in [1.807, 2.05) is 4.72 Å². The van der Waals surface area contributed by atoms with Gasteiger partial charge in [-0.1, -0.05) is 19.8 Å². The molecule has 0 aromatic carbocycles. The third-order valence-electron chi connectivity index (χ3n) is 3.53. The lowest BCUT2D eigenvalue weighted by atomic mass is 9.87. The van der Waals surface area contributed by atoms with Gasteiger partial charge in [0, 0.05) is 12.3 Å². The molecule has 20 heavy (non-hydrogen) atoms. The summed E-state index contributed by atoms with van der Waals surface area (Å²) in [6, 6.07) is -1.25. The van der Waals surface area contributed by atoms with Crippen LogP contribution in [-0.2, 0) is 14.8 Å². The van der Waals surface area contributed by atoms with Gasteiger partial charge in [0.05, 0.1) is 5.75 Å². The normalized spacial score (nSPS) is 24.2. The van der Waals surface area contributed by atoms with Gasteiger partial charge in [0.25, 0.3) is 5.92 Å². The third-order valence-corrected chi connectivity index (χ3v) is 5.01. The van der Waals surface area contributed by atoms with Gasteiger partial charge in [0.2, 0.25) is 10.0 Å². The molecule has 0 aliphatic heterocycles. The first-order valence-electron chi connectivity index (χ1n) is 6.78. The molecule has 8 heteroatoms. The van der Waals surface area contributed by atoms with E-state index in [-0.39, 0.29) is 19.3 Å². The van der Waals surface area contributed by atoms with Crippen LogP contribution in [0.25, 0.3) is 0 Å². The van der Waals surface area contributed by atoms with Gasteiger partial charge in [0.1, 0.15) is 6.04 Å². The van der Waals surface area contributed by atoms with E-state index in [2.05, 4.69) is 0 Å². The number of nitrogens with one attached hydrogen (secondary N) is 1. The van der Waals surface area contributed by atoms with Gasteiger partial charge in [-0.2, -0.15) is 0 Å². The minimum absolute atomic E-state index is 0.135. The molecule has 1 aliphatic rings. The first-order valence-corrected chi connectivity index (χ1v) is 8.44. The number of alkyl halides is 2. The minimum Gasteiger partial charge on any atom is -0.480 e. The van der Waals surface area contributed by atoms with Crippen molar-refractivity contribution < 1.29 is 27.1 Å². The van der Waals surface area contributed by atoms with Crippen LogP contribution in [0.4, 0.5) is 8.78 Å². The molecular weight excluding hydrogens is 292 g/mol. The number of carboxylic acids is 1. The van der Waals surface area contributed by atoms with Gasteiger partial charge in [0.15, 0.2) is 0 Å². The van der Waals surface area contributed by atoms with Gasteiger partial charge in [-0.15, -0.1) is 0 Å². The van der Waals surface area contributed by atoms with Gasteiger partial charge >= 0.3 is 5.97 Å². The molecule has 1 saturated carbocycles. The average Bonchev–Trinajstić information content (AvgIpc) is 2.31. The molecule has 1 aliphatic carbocycles. The second-order valence-electron chi connectivity index (χ2n) is 5.28. The van der Waals surface area contributed by atoms with Crippen molar-refractivity contribution in [3.05, 3.63) is 0 Å². The number of sulfonamides is 1. The summed E-state index contributed by atoms with van der Waals surface area (Å²) in [6.07, 6.45) is 1.44. The van der Waals surface area contributed by atoms with E-state index < -0.39 is 39.6 Å². The van der Waals surface area contributed by atoms with Crippen LogP contribution in [0.5, 0.6) is 0 Å². The summed E-state index contributed by atoms with van der Waals surface area (Å²) in [4.78, 5) is 10.9. The Morgan fingerprint density at radius 1 is 1.45 bits per heavy atom.